The van der Waals surface area contributed by atoms with Gasteiger partial charge in [0.1, 0.15) is 18.1 Å². The van der Waals surface area contributed by atoms with Gasteiger partial charge in [0.05, 0.1) is 24.5 Å². The molecule has 1 aliphatic heterocycles. The summed E-state index contributed by atoms with van der Waals surface area (Å²) in [5.74, 6) is 0.832. The molecule has 1 heterocycles. The van der Waals surface area contributed by atoms with Gasteiger partial charge in [-0.2, -0.15) is 4.31 Å². The number of hydrogen-bond donors (Lipinski definition) is 1. The van der Waals surface area contributed by atoms with Gasteiger partial charge >= 0.3 is 0 Å². The molecule has 2 aromatic carbocycles. The van der Waals surface area contributed by atoms with E-state index >= 15 is 0 Å². The Morgan fingerprint density at radius 1 is 1.10 bits per heavy atom. The van der Waals surface area contributed by atoms with Crippen LogP contribution in [0.25, 0.3) is 0 Å². The Morgan fingerprint density at radius 3 is 2.52 bits per heavy atom. The maximum Gasteiger partial charge on any atom is 0.243 e. The average molecular weight is 419 g/mol. The summed E-state index contributed by atoms with van der Waals surface area (Å²) < 4.78 is 37.8. The Bertz CT molecular complexity index is 900. The number of methoxy groups -OCH3 is 1. The summed E-state index contributed by atoms with van der Waals surface area (Å²) in [4.78, 5) is 12.7. The van der Waals surface area contributed by atoms with Crippen molar-refractivity contribution >= 4 is 15.9 Å². The largest absolute Gasteiger partial charge is 0.497 e. The number of benzene rings is 2. The quantitative estimate of drug-likeness (QED) is 0.665. The molecule has 3 rings (SSSR count). The maximum atomic E-state index is 12.9. The number of rotatable bonds is 8. The molecule has 0 aliphatic carbocycles. The first kappa shape index (κ1) is 21.1. The number of carbonyl (C=O) groups excluding carboxylic acids is 1. The third-order valence-corrected chi connectivity index (χ3v) is 6.74. The Labute approximate surface area is 171 Å². The van der Waals surface area contributed by atoms with Crippen molar-refractivity contribution in [1.82, 2.24) is 9.62 Å². The summed E-state index contributed by atoms with van der Waals surface area (Å²) in [6.07, 6.45) is 1.31. The van der Waals surface area contributed by atoms with Crippen molar-refractivity contribution in [2.45, 2.75) is 17.7 Å². The minimum atomic E-state index is -3.64. The van der Waals surface area contributed by atoms with Gasteiger partial charge in [-0.05, 0) is 49.2 Å². The van der Waals surface area contributed by atoms with E-state index in [0.717, 1.165) is 5.75 Å². The van der Waals surface area contributed by atoms with Crippen molar-refractivity contribution in [3.63, 3.8) is 0 Å². The molecule has 1 saturated heterocycles. The van der Waals surface area contributed by atoms with Crippen molar-refractivity contribution in [2.24, 2.45) is 5.92 Å². The van der Waals surface area contributed by atoms with Gasteiger partial charge in [-0.15, -0.1) is 0 Å². The zero-order valence-corrected chi connectivity index (χ0v) is 17.2. The summed E-state index contributed by atoms with van der Waals surface area (Å²) in [6.45, 7) is 1.32. The molecule has 7 nitrogen and oxygen atoms in total. The van der Waals surface area contributed by atoms with E-state index in [1.165, 1.54) is 23.5 Å². The molecule has 156 valence electrons. The molecule has 1 fully saturated rings. The second kappa shape index (κ2) is 9.76. The molecule has 0 bridgehead atoms. The summed E-state index contributed by atoms with van der Waals surface area (Å²) in [6, 6.07) is 15.7. The highest BCUT2D eigenvalue weighted by atomic mass is 32.2. The number of nitrogens with zero attached hydrogens (tertiary/aromatic N) is 1. The van der Waals surface area contributed by atoms with Crippen molar-refractivity contribution < 1.29 is 22.7 Å². The molecule has 2 aromatic rings. The van der Waals surface area contributed by atoms with Crippen LogP contribution in [0.2, 0.25) is 0 Å². The van der Waals surface area contributed by atoms with Crippen LogP contribution in [-0.2, 0) is 14.8 Å². The fourth-order valence-electron chi connectivity index (χ4n) is 3.28. The molecule has 8 heteroatoms. The summed E-state index contributed by atoms with van der Waals surface area (Å²) in [5.41, 5.74) is 0. The molecule has 0 aromatic heterocycles. The van der Waals surface area contributed by atoms with Gasteiger partial charge in [0.25, 0.3) is 0 Å². The van der Waals surface area contributed by atoms with Gasteiger partial charge in [0, 0.05) is 13.1 Å². The molecule has 29 heavy (non-hydrogen) atoms. The Morgan fingerprint density at radius 2 is 1.83 bits per heavy atom. The van der Waals surface area contributed by atoms with Gasteiger partial charge in [-0.25, -0.2) is 8.42 Å². The fraction of sp³-hybridized carbons (Fsp3) is 0.381. The van der Waals surface area contributed by atoms with Gasteiger partial charge in [-0.1, -0.05) is 18.2 Å². The Kier molecular flexibility index (Phi) is 7.11. The van der Waals surface area contributed by atoms with Crippen molar-refractivity contribution in [3.8, 4) is 11.5 Å². The Hall–Kier alpha value is -2.58. The van der Waals surface area contributed by atoms with Crippen LogP contribution < -0.4 is 14.8 Å². The second-order valence-corrected chi connectivity index (χ2v) is 8.77. The van der Waals surface area contributed by atoms with Crippen LogP contribution in [0.15, 0.2) is 59.5 Å². The first-order valence-electron chi connectivity index (χ1n) is 9.60. The van der Waals surface area contributed by atoms with Crippen LogP contribution >= 0.6 is 0 Å². The van der Waals surface area contributed by atoms with Crippen LogP contribution in [0.5, 0.6) is 11.5 Å². The molecule has 0 saturated carbocycles. The average Bonchev–Trinajstić information content (AvgIpc) is 2.77. The van der Waals surface area contributed by atoms with Crippen LogP contribution in [-0.4, -0.2) is 52.0 Å². The van der Waals surface area contributed by atoms with E-state index in [2.05, 4.69) is 5.32 Å². The zero-order chi connectivity index (χ0) is 20.7. The standard InChI is InChI=1S/C21H26N2O5S/c1-27-18-9-11-20(12-10-18)29(25,26)23-14-5-6-17(16-23)21(24)22-13-15-28-19-7-3-2-4-8-19/h2-4,7-12,17H,5-6,13-16H2,1H3,(H,22,24)/t17-/m0/s1. The molecule has 0 radical (unpaired) electrons. The minimum Gasteiger partial charge on any atom is -0.497 e. The number of sulfonamides is 1. The number of hydrogen-bond acceptors (Lipinski definition) is 5. The van der Waals surface area contributed by atoms with E-state index in [4.69, 9.17) is 9.47 Å². The van der Waals surface area contributed by atoms with E-state index in [9.17, 15) is 13.2 Å². The van der Waals surface area contributed by atoms with E-state index in [1.807, 2.05) is 30.3 Å². The summed E-state index contributed by atoms with van der Waals surface area (Å²) >= 11 is 0. The topological polar surface area (TPSA) is 84.9 Å². The minimum absolute atomic E-state index is 0.142. The predicted molar refractivity (Wildman–Crippen MR) is 109 cm³/mol. The molecular weight excluding hydrogens is 392 g/mol. The van der Waals surface area contributed by atoms with E-state index in [-0.39, 0.29) is 23.3 Å². The molecular formula is C21H26N2O5S. The molecule has 0 spiro atoms. The van der Waals surface area contributed by atoms with Crippen molar-refractivity contribution in [2.75, 3.05) is 33.4 Å². The zero-order valence-electron chi connectivity index (χ0n) is 16.4. The fourth-order valence-corrected chi connectivity index (χ4v) is 4.80. The molecule has 0 unspecified atom stereocenters. The molecule has 1 aliphatic rings. The summed E-state index contributed by atoms with van der Waals surface area (Å²) in [5, 5.41) is 2.85. The van der Waals surface area contributed by atoms with Gasteiger partial charge in [0.15, 0.2) is 0 Å². The Balaban J connectivity index is 1.52. The number of ether oxygens (including phenoxy) is 2. The summed E-state index contributed by atoms with van der Waals surface area (Å²) in [7, 11) is -2.11. The van der Waals surface area contributed by atoms with E-state index in [0.29, 0.717) is 38.3 Å². The first-order chi connectivity index (χ1) is 14.0. The van der Waals surface area contributed by atoms with E-state index < -0.39 is 10.0 Å². The maximum absolute atomic E-state index is 12.9. The highest BCUT2D eigenvalue weighted by molar-refractivity contribution is 7.89. The highest BCUT2D eigenvalue weighted by Gasteiger charge is 2.33. The predicted octanol–water partition coefficient (Wildman–Crippen LogP) is 2.29. The third kappa shape index (κ3) is 5.48. The second-order valence-electron chi connectivity index (χ2n) is 6.83. The number of nitrogens with one attached hydrogen (secondary N) is 1. The smallest absolute Gasteiger partial charge is 0.243 e. The van der Waals surface area contributed by atoms with Crippen LogP contribution in [0.3, 0.4) is 0 Å². The van der Waals surface area contributed by atoms with Crippen molar-refractivity contribution in [1.29, 1.82) is 0 Å². The molecule has 1 amide bonds. The number of para-hydroxylation sites is 1. The lowest BCUT2D eigenvalue weighted by molar-refractivity contribution is -0.126. The number of carbonyl (C=O) groups is 1. The lowest BCUT2D eigenvalue weighted by Gasteiger charge is -2.31. The third-order valence-electron chi connectivity index (χ3n) is 4.87. The monoisotopic (exact) mass is 418 g/mol. The van der Waals surface area contributed by atoms with Gasteiger partial charge in [0.2, 0.25) is 15.9 Å². The lowest BCUT2D eigenvalue weighted by Crippen LogP contribution is -2.45. The van der Waals surface area contributed by atoms with Crippen LogP contribution in [0, 0.1) is 5.92 Å². The number of amides is 1. The number of piperidine rings is 1. The molecule has 1 atom stereocenters. The van der Waals surface area contributed by atoms with Crippen LogP contribution in [0.1, 0.15) is 12.8 Å². The highest BCUT2D eigenvalue weighted by Crippen LogP contribution is 2.25. The first-order valence-corrected chi connectivity index (χ1v) is 11.0. The van der Waals surface area contributed by atoms with Gasteiger partial charge in [-0.3, -0.25) is 4.79 Å². The van der Waals surface area contributed by atoms with Crippen molar-refractivity contribution in [3.05, 3.63) is 54.6 Å². The normalized spacial score (nSPS) is 17.5. The lowest BCUT2D eigenvalue weighted by atomic mass is 9.99. The molecule has 1 N–H and O–H groups in total. The SMILES string of the molecule is COc1ccc(S(=O)(=O)N2CCC[C@H](C(=O)NCCOc3ccccc3)C2)cc1. The van der Waals surface area contributed by atoms with Crippen LogP contribution in [0.4, 0.5) is 0 Å². The van der Waals surface area contributed by atoms with E-state index in [1.54, 1.807) is 12.1 Å². The van der Waals surface area contributed by atoms with Gasteiger partial charge < -0.3 is 14.8 Å².